The molecule has 0 unspecified atom stereocenters. The Morgan fingerprint density at radius 2 is 1.76 bits per heavy atom. The summed E-state index contributed by atoms with van der Waals surface area (Å²) in [5.74, 6) is -0.600. The van der Waals surface area contributed by atoms with Gasteiger partial charge in [-0.15, -0.1) is 0 Å². The van der Waals surface area contributed by atoms with Crippen LogP contribution in [0.5, 0.6) is 0 Å². The Kier molecular flexibility index (Phi) is 6.49. The van der Waals surface area contributed by atoms with Crippen LogP contribution in [0.15, 0.2) is 47.4 Å². The van der Waals surface area contributed by atoms with Crippen molar-refractivity contribution in [2.45, 2.75) is 31.2 Å². The van der Waals surface area contributed by atoms with Gasteiger partial charge >= 0.3 is 0 Å². The van der Waals surface area contributed by atoms with E-state index >= 15 is 0 Å². The molecule has 0 aliphatic heterocycles. The molecule has 0 radical (unpaired) electrons. The maximum atomic E-state index is 12.3. The van der Waals surface area contributed by atoms with Gasteiger partial charge in [0.25, 0.3) is 0 Å². The van der Waals surface area contributed by atoms with Crippen molar-refractivity contribution >= 4 is 38.9 Å². The van der Waals surface area contributed by atoms with E-state index in [1.807, 2.05) is 6.92 Å². The molecule has 0 saturated carbocycles. The summed E-state index contributed by atoms with van der Waals surface area (Å²) in [5.41, 5.74) is 1.70. The standard InChI is InChI=1S/C18H19Cl2NO3S/c1-12-3-6-15(7-4-12)25(23,24)10-9-18(22)21-13(2)16-8-5-14(19)11-17(16)20/h3-8,11,13H,9-10H2,1-2H3,(H,21,22)/t13-/m0/s1. The van der Waals surface area contributed by atoms with Crippen LogP contribution in [0.1, 0.15) is 30.5 Å². The van der Waals surface area contributed by atoms with Gasteiger partial charge in [0.1, 0.15) is 0 Å². The Bertz CT molecular complexity index is 864. The van der Waals surface area contributed by atoms with Gasteiger partial charge < -0.3 is 5.32 Å². The number of carbonyl (C=O) groups excluding carboxylic acids is 1. The highest BCUT2D eigenvalue weighted by Crippen LogP contribution is 2.26. The number of sulfone groups is 1. The Morgan fingerprint density at radius 3 is 2.36 bits per heavy atom. The van der Waals surface area contributed by atoms with Crippen molar-refractivity contribution in [3.8, 4) is 0 Å². The van der Waals surface area contributed by atoms with Gasteiger partial charge in [-0.25, -0.2) is 8.42 Å². The van der Waals surface area contributed by atoms with Crippen LogP contribution in [0.4, 0.5) is 0 Å². The molecule has 2 aromatic rings. The summed E-state index contributed by atoms with van der Waals surface area (Å²) in [4.78, 5) is 12.3. The average Bonchev–Trinajstić information content (AvgIpc) is 2.53. The van der Waals surface area contributed by atoms with Crippen molar-refractivity contribution < 1.29 is 13.2 Å². The maximum absolute atomic E-state index is 12.3. The minimum Gasteiger partial charge on any atom is -0.350 e. The van der Waals surface area contributed by atoms with Crippen LogP contribution in [0.3, 0.4) is 0 Å². The highest BCUT2D eigenvalue weighted by molar-refractivity contribution is 7.91. The first-order valence-corrected chi connectivity index (χ1v) is 10.1. The fourth-order valence-corrected chi connectivity index (χ4v) is 4.15. The second-order valence-electron chi connectivity index (χ2n) is 5.84. The third kappa shape index (κ3) is 5.46. The molecule has 134 valence electrons. The Labute approximate surface area is 158 Å². The van der Waals surface area contributed by atoms with Gasteiger partial charge in [0, 0.05) is 16.5 Å². The molecule has 0 aliphatic carbocycles. The number of nitrogens with one attached hydrogen (secondary N) is 1. The number of hydrogen-bond acceptors (Lipinski definition) is 3. The SMILES string of the molecule is Cc1ccc(S(=O)(=O)CCC(=O)N[C@@H](C)c2ccc(Cl)cc2Cl)cc1. The Morgan fingerprint density at radius 1 is 1.12 bits per heavy atom. The third-order valence-corrected chi connectivity index (χ3v) is 6.08. The molecule has 4 nitrogen and oxygen atoms in total. The number of hydrogen-bond donors (Lipinski definition) is 1. The van der Waals surface area contributed by atoms with Crippen LogP contribution in [0.2, 0.25) is 10.0 Å². The molecular formula is C18H19Cl2NO3S. The van der Waals surface area contributed by atoms with Crippen LogP contribution in [0.25, 0.3) is 0 Å². The van der Waals surface area contributed by atoms with Crippen molar-refractivity contribution in [1.29, 1.82) is 0 Å². The fraction of sp³-hybridized carbons (Fsp3) is 0.278. The molecule has 0 saturated heterocycles. The molecule has 0 heterocycles. The smallest absolute Gasteiger partial charge is 0.221 e. The number of halogens is 2. The first kappa shape index (κ1) is 19.8. The van der Waals surface area contributed by atoms with E-state index in [1.165, 1.54) is 0 Å². The summed E-state index contributed by atoms with van der Waals surface area (Å²) >= 11 is 12.0. The minimum absolute atomic E-state index is 0.119. The number of carbonyl (C=O) groups is 1. The second kappa shape index (κ2) is 8.21. The zero-order chi connectivity index (χ0) is 18.6. The average molecular weight is 400 g/mol. The van der Waals surface area contributed by atoms with E-state index in [0.29, 0.717) is 10.0 Å². The van der Waals surface area contributed by atoms with Crippen LogP contribution < -0.4 is 5.32 Å². The molecule has 7 heteroatoms. The Hall–Kier alpha value is -1.56. The van der Waals surface area contributed by atoms with Gasteiger partial charge in [-0.1, -0.05) is 47.0 Å². The predicted molar refractivity (Wildman–Crippen MR) is 101 cm³/mol. The molecule has 0 fully saturated rings. The van der Waals surface area contributed by atoms with E-state index < -0.39 is 9.84 Å². The molecular weight excluding hydrogens is 381 g/mol. The lowest BCUT2D eigenvalue weighted by atomic mass is 10.1. The fourth-order valence-electron chi connectivity index (χ4n) is 2.33. The first-order valence-electron chi connectivity index (χ1n) is 7.73. The number of rotatable bonds is 6. The summed E-state index contributed by atoms with van der Waals surface area (Å²) in [5, 5.41) is 3.72. The Balaban J connectivity index is 1.97. The number of aryl methyl sites for hydroxylation is 1. The molecule has 0 bridgehead atoms. The highest BCUT2D eigenvalue weighted by Gasteiger charge is 2.18. The zero-order valence-electron chi connectivity index (χ0n) is 13.9. The van der Waals surface area contributed by atoms with Gasteiger partial charge in [-0.3, -0.25) is 4.79 Å². The zero-order valence-corrected chi connectivity index (χ0v) is 16.3. The third-order valence-electron chi connectivity index (χ3n) is 3.78. The minimum atomic E-state index is -3.49. The van der Waals surface area contributed by atoms with Crippen molar-refractivity contribution in [2.75, 3.05) is 5.75 Å². The van der Waals surface area contributed by atoms with E-state index in [9.17, 15) is 13.2 Å². The molecule has 0 aromatic heterocycles. The molecule has 2 rings (SSSR count). The quantitative estimate of drug-likeness (QED) is 0.785. The van der Waals surface area contributed by atoms with Crippen molar-refractivity contribution in [3.63, 3.8) is 0 Å². The van der Waals surface area contributed by atoms with E-state index in [0.717, 1.165) is 11.1 Å². The molecule has 0 aliphatic rings. The molecule has 2 aromatic carbocycles. The molecule has 1 atom stereocenters. The van der Waals surface area contributed by atoms with Gasteiger partial charge in [-0.2, -0.15) is 0 Å². The lowest BCUT2D eigenvalue weighted by Crippen LogP contribution is -2.28. The van der Waals surface area contributed by atoms with E-state index in [2.05, 4.69) is 5.32 Å². The summed E-state index contributed by atoms with van der Waals surface area (Å²) in [6.07, 6.45) is -0.119. The first-order chi connectivity index (χ1) is 11.7. The molecule has 0 spiro atoms. The summed E-state index contributed by atoms with van der Waals surface area (Å²) in [6.45, 7) is 3.66. The van der Waals surface area contributed by atoms with Crippen LogP contribution in [-0.4, -0.2) is 20.1 Å². The molecule has 1 amide bonds. The summed E-state index contributed by atoms with van der Waals surface area (Å²) in [6, 6.07) is 11.3. The topological polar surface area (TPSA) is 63.2 Å². The summed E-state index contributed by atoms with van der Waals surface area (Å²) in [7, 11) is -3.49. The highest BCUT2D eigenvalue weighted by atomic mass is 35.5. The predicted octanol–water partition coefficient (Wildman–Crippen LogP) is 4.34. The van der Waals surface area contributed by atoms with E-state index in [-0.39, 0.29) is 29.0 Å². The largest absolute Gasteiger partial charge is 0.350 e. The number of amides is 1. The number of benzene rings is 2. The van der Waals surface area contributed by atoms with E-state index in [4.69, 9.17) is 23.2 Å². The van der Waals surface area contributed by atoms with Gasteiger partial charge in [0.2, 0.25) is 5.91 Å². The van der Waals surface area contributed by atoms with Crippen molar-refractivity contribution in [1.82, 2.24) is 5.32 Å². The van der Waals surface area contributed by atoms with Gasteiger partial charge in [-0.05, 0) is 43.7 Å². The monoisotopic (exact) mass is 399 g/mol. The summed E-state index contributed by atoms with van der Waals surface area (Å²) < 4.78 is 24.6. The second-order valence-corrected chi connectivity index (χ2v) is 8.79. The van der Waals surface area contributed by atoms with Gasteiger partial charge in [0.15, 0.2) is 9.84 Å². The molecule has 1 N–H and O–H groups in total. The lowest BCUT2D eigenvalue weighted by Gasteiger charge is -2.16. The van der Waals surface area contributed by atoms with Crippen molar-refractivity contribution in [2.24, 2.45) is 0 Å². The van der Waals surface area contributed by atoms with Crippen molar-refractivity contribution in [3.05, 3.63) is 63.6 Å². The van der Waals surface area contributed by atoms with Gasteiger partial charge in [0.05, 0.1) is 16.7 Å². The van der Waals surface area contributed by atoms with Crippen LogP contribution in [-0.2, 0) is 14.6 Å². The van der Waals surface area contributed by atoms with Crippen LogP contribution >= 0.6 is 23.2 Å². The lowest BCUT2D eigenvalue weighted by molar-refractivity contribution is -0.121. The normalized spacial score (nSPS) is 12.6. The van der Waals surface area contributed by atoms with Crippen LogP contribution in [0, 0.1) is 6.92 Å². The molecule has 25 heavy (non-hydrogen) atoms. The van der Waals surface area contributed by atoms with E-state index in [1.54, 1.807) is 49.4 Å². The maximum Gasteiger partial charge on any atom is 0.221 e.